The Morgan fingerprint density at radius 1 is 1.08 bits per heavy atom. The molecule has 0 nitrogen and oxygen atoms in total. The molecule has 0 N–H and O–H groups in total. The average molecular weight is 193 g/mol. The van der Waals surface area contributed by atoms with Crippen LogP contribution >= 0.6 is 0 Å². The molecule has 0 aliphatic carbocycles. The van der Waals surface area contributed by atoms with Gasteiger partial charge in [0.15, 0.2) is 0 Å². The first-order valence-corrected chi connectivity index (χ1v) is 3.04. The molecule has 0 atom stereocenters. The first-order valence-electron chi connectivity index (χ1n) is 3.04. The maximum absolute atomic E-state index is 12.1. The Kier molecular flexibility index (Phi) is 3.41. The Labute approximate surface area is 65.6 Å². The highest BCUT2D eigenvalue weighted by molar-refractivity contribution is 4.79. The second kappa shape index (κ2) is 3.53. The maximum atomic E-state index is 12.1. The van der Waals surface area contributed by atoms with Gasteiger partial charge in [0.2, 0.25) is 0 Å². The Morgan fingerprint density at radius 2 is 1.50 bits per heavy atom. The summed E-state index contributed by atoms with van der Waals surface area (Å²) in [5.41, 5.74) is 0. The number of hydrogen-bond acceptors (Lipinski definition) is 0. The van der Waals surface area contributed by atoms with E-state index in [1.807, 2.05) is 0 Å². The molecular formula is C6H7F6. The molecule has 12 heavy (non-hydrogen) atoms. The fraction of sp³-hybridized carbons (Fsp3) is 0.833. The van der Waals surface area contributed by atoms with Gasteiger partial charge in [0.25, 0.3) is 5.92 Å². The molecule has 0 aliphatic heterocycles. The predicted octanol–water partition coefficient (Wildman–Crippen LogP) is 3.14. The van der Waals surface area contributed by atoms with E-state index in [9.17, 15) is 26.3 Å². The lowest BCUT2D eigenvalue weighted by atomic mass is 10.1. The molecule has 0 amide bonds. The van der Waals surface area contributed by atoms with Crippen LogP contribution in [0.4, 0.5) is 26.3 Å². The first-order chi connectivity index (χ1) is 5.21. The second-order valence-electron chi connectivity index (χ2n) is 2.34. The summed E-state index contributed by atoms with van der Waals surface area (Å²) in [5.74, 6) is -8.47. The summed E-state index contributed by atoms with van der Waals surface area (Å²) in [4.78, 5) is 0. The van der Waals surface area contributed by atoms with Gasteiger partial charge in [-0.15, -0.1) is 0 Å². The van der Waals surface area contributed by atoms with Crippen molar-refractivity contribution in [1.29, 1.82) is 0 Å². The molecule has 0 unspecified atom stereocenters. The largest absolute Gasteiger partial charge is 0.313 e. The summed E-state index contributed by atoms with van der Waals surface area (Å²) in [5, 5.41) is 0. The fourth-order valence-electron chi connectivity index (χ4n) is 0.510. The summed E-state index contributed by atoms with van der Waals surface area (Å²) in [6.07, 6.45) is -7.33. The minimum atomic E-state index is -4.64. The highest BCUT2D eigenvalue weighted by Crippen LogP contribution is 2.36. The average Bonchev–Trinajstić information content (AvgIpc) is 1.85. The van der Waals surface area contributed by atoms with Gasteiger partial charge in [-0.05, 0) is 6.92 Å². The zero-order chi connectivity index (χ0) is 9.99. The van der Waals surface area contributed by atoms with E-state index in [2.05, 4.69) is 6.92 Å². The predicted molar refractivity (Wildman–Crippen MR) is 30.5 cm³/mol. The van der Waals surface area contributed by atoms with Crippen LogP contribution < -0.4 is 0 Å². The van der Waals surface area contributed by atoms with Gasteiger partial charge >= 0.3 is 12.3 Å². The molecular weight excluding hydrogens is 186 g/mol. The highest BCUT2D eigenvalue weighted by atomic mass is 19.3. The van der Waals surface area contributed by atoms with E-state index in [0.29, 0.717) is 0 Å². The van der Waals surface area contributed by atoms with Gasteiger partial charge < -0.3 is 0 Å². The molecule has 0 aromatic heterocycles. The van der Waals surface area contributed by atoms with E-state index in [-0.39, 0.29) is 0 Å². The Hall–Kier alpha value is -0.420. The van der Waals surface area contributed by atoms with Gasteiger partial charge in [-0.1, -0.05) is 0 Å². The van der Waals surface area contributed by atoms with E-state index >= 15 is 0 Å². The molecule has 0 bridgehead atoms. The van der Waals surface area contributed by atoms with E-state index < -0.39 is 31.1 Å². The Balaban J connectivity index is 4.23. The summed E-state index contributed by atoms with van der Waals surface area (Å²) < 4.78 is 71.0. The smallest absolute Gasteiger partial charge is 0.207 e. The molecule has 0 rings (SSSR count). The third-order valence-corrected chi connectivity index (χ3v) is 1.18. The van der Waals surface area contributed by atoms with Crippen LogP contribution in [0.15, 0.2) is 0 Å². The molecule has 73 valence electrons. The van der Waals surface area contributed by atoms with Crippen molar-refractivity contribution in [3.05, 3.63) is 6.92 Å². The molecule has 1 radical (unpaired) electrons. The van der Waals surface area contributed by atoms with Crippen molar-refractivity contribution >= 4 is 0 Å². The van der Waals surface area contributed by atoms with E-state index in [0.717, 1.165) is 0 Å². The standard InChI is InChI=1S/C6H7F6/c1-2-5(9,10)3-6(11,12)4(7)8/h4H,1-3H2. The topological polar surface area (TPSA) is 0 Å². The van der Waals surface area contributed by atoms with Gasteiger partial charge in [0.05, 0.1) is 6.42 Å². The van der Waals surface area contributed by atoms with Crippen molar-refractivity contribution in [2.45, 2.75) is 31.1 Å². The van der Waals surface area contributed by atoms with Crippen LogP contribution in [0, 0.1) is 6.92 Å². The molecule has 0 spiro atoms. The lowest BCUT2D eigenvalue weighted by molar-refractivity contribution is -0.178. The molecule has 0 aromatic rings. The quantitative estimate of drug-likeness (QED) is 0.601. The van der Waals surface area contributed by atoms with Crippen LogP contribution in [0.3, 0.4) is 0 Å². The fourth-order valence-corrected chi connectivity index (χ4v) is 0.510. The van der Waals surface area contributed by atoms with Crippen molar-refractivity contribution in [1.82, 2.24) is 0 Å². The molecule has 0 heterocycles. The van der Waals surface area contributed by atoms with Crippen molar-refractivity contribution in [3.63, 3.8) is 0 Å². The minimum absolute atomic E-state index is 1.12. The monoisotopic (exact) mass is 193 g/mol. The summed E-state index contributed by atoms with van der Waals surface area (Å²) >= 11 is 0. The van der Waals surface area contributed by atoms with Gasteiger partial charge in [-0.25, -0.2) is 26.3 Å². The second-order valence-corrected chi connectivity index (χ2v) is 2.34. The van der Waals surface area contributed by atoms with Gasteiger partial charge in [0.1, 0.15) is 0 Å². The van der Waals surface area contributed by atoms with Crippen LogP contribution in [0.25, 0.3) is 0 Å². The van der Waals surface area contributed by atoms with Gasteiger partial charge in [-0.3, -0.25) is 0 Å². The van der Waals surface area contributed by atoms with Gasteiger partial charge in [0, 0.05) is 6.42 Å². The molecule has 0 fully saturated rings. The van der Waals surface area contributed by atoms with E-state index in [1.165, 1.54) is 0 Å². The number of halogens is 6. The molecule has 0 saturated carbocycles. The molecule has 0 aliphatic rings. The minimum Gasteiger partial charge on any atom is -0.207 e. The summed E-state index contributed by atoms with van der Waals surface area (Å²) in [6, 6.07) is 0. The van der Waals surface area contributed by atoms with Crippen molar-refractivity contribution in [3.8, 4) is 0 Å². The summed E-state index contributed by atoms with van der Waals surface area (Å²) in [6.45, 7) is 2.67. The lowest BCUT2D eigenvalue weighted by Crippen LogP contribution is -2.34. The number of alkyl halides is 6. The van der Waals surface area contributed by atoms with E-state index in [1.54, 1.807) is 0 Å². The van der Waals surface area contributed by atoms with Crippen molar-refractivity contribution in [2.24, 2.45) is 0 Å². The maximum Gasteiger partial charge on any atom is 0.313 e. The molecule has 0 saturated heterocycles. The lowest BCUT2D eigenvalue weighted by Gasteiger charge is -2.20. The van der Waals surface area contributed by atoms with Crippen molar-refractivity contribution in [2.75, 3.05) is 0 Å². The van der Waals surface area contributed by atoms with Crippen LogP contribution in [0.5, 0.6) is 0 Å². The third-order valence-electron chi connectivity index (χ3n) is 1.18. The third kappa shape index (κ3) is 3.32. The SMILES string of the molecule is [CH2]CC(F)(F)CC(F)(F)C(F)F. The van der Waals surface area contributed by atoms with E-state index in [4.69, 9.17) is 0 Å². The van der Waals surface area contributed by atoms with Gasteiger partial charge in [-0.2, -0.15) is 0 Å². The number of rotatable bonds is 4. The zero-order valence-corrected chi connectivity index (χ0v) is 5.97. The summed E-state index contributed by atoms with van der Waals surface area (Å²) in [7, 11) is 0. The van der Waals surface area contributed by atoms with Crippen LogP contribution in [-0.2, 0) is 0 Å². The zero-order valence-electron chi connectivity index (χ0n) is 5.97. The van der Waals surface area contributed by atoms with Crippen molar-refractivity contribution < 1.29 is 26.3 Å². The molecule has 6 heteroatoms. The highest BCUT2D eigenvalue weighted by Gasteiger charge is 2.48. The first kappa shape index (κ1) is 11.6. The Bertz CT molecular complexity index is 141. The molecule has 0 aromatic carbocycles. The normalized spacial score (nSPS) is 14.0. The van der Waals surface area contributed by atoms with Crippen LogP contribution in [0.2, 0.25) is 0 Å². The van der Waals surface area contributed by atoms with Crippen LogP contribution in [0.1, 0.15) is 12.8 Å². The number of hydrogen-bond donors (Lipinski definition) is 0. The Morgan fingerprint density at radius 3 is 1.75 bits per heavy atom. The van der Waals surface area contributed by atoms with Crippen LogP contribution in [-0.4, -0.2) is 18.3 Å².